The van der Waals surface area contributed by atoms with Crippen molar-refractivity contribution in [2.45, 2.75) is 51.0 Å². The molecule has 1 spiro atoms. The summed E-state index contributed by atoms with van der Waals surface area (Å²) in [5.41, 5.74) is 0.0646. The summed E-state index contributed by atoms with van der Waals surface area (Å²) in [6.07, 6.45) is 0.248. The molecule has 5 rings (SSSR count). The highest BCUT2D eigenvalue weighted by molar-refractivity contribution is 6.02. The van der Waals surface area contributed by atoms with Gasteiger partial charge in [0.05, 0.1) is 24.7 Å². The van der Waals surface area contributed by atoms with Gasteiger partial charge in [0.15, 0.2) is 5.60 Å². The van der Waals surface area contributed by atoms with Crippen molar-refractivity contribution in [3.63, 3.8) is 0 Å². The molecule has 40 heavy (non-hydrogen) atoms. The predicted molar refractivity (Wildman–Crippen MR) is 142 cm³/mol. The monoisotopic (exact) mass is 549 g/mol. The molecule has 1 saturated heterocycles. The smallest absolute Gasteiger partial charge is 0.270 e. The van der Waals surface area contributed by atoms with E-state index in [0.29, 0.717) is 5.69 Å². The summed E-state index contributed by atoms with van der Waals surface area (Å²) >= 11 is 0. The van der Waals surface area contributed by atoms with Crippen molar-refractivity contribution in [1.82, 2.24) is 14.8 Å². The third-order valence-electron chi connectivity index (χ3n) is 7.59. The minimum absolute atomic E-state index is 0.0116. The van der Waals surface area contributed by atoms with E-state index in [0.717, 1.165) is 17.7 Å². The highest BCUT2D eigenvalue weighted by atomic mass is 19.1. The average molecular weight is 550 g/mol. The van der Waals surface area contributed by atoms with E-state index in [9.17, 15) is 28.4 Å². The summed E-state index contributed by atoms with van der Waals surface area (Å²) in [6, 6.07) is 10.5. The maximum absolute atomic E-state index is 14.3. The van der Waals surface area contributed by atoms with Gasteiger partial charge in [0.1, 0.15) is 29.4 Å². The quantitative estimate of drug-likeness (QED) is 0.500. The molecule has 0 aliphatic carbocycles. The maximum Gasteiger partial charge on any atom is 0.270 e. The number of nitrogens with zero attached hydrogens (tertiary/aromatic N) is 3. The summed E-state index contributed by atoms with van der Waals surface area (Å²) in [5, 5.41) is 12.9. The van der Waals surface area contributed by atoms with Gasteiger partial charge in [0.25, 0.3) is 11.8 Å². The van der Waals surface area contributed by atoms with Crippen LogP contribution in [0.25, 0.3) is 10.9 Å². The number of likely N-dealkylation sites (N-methyl/N-ethyl adjacent to an activating group) is 1. The van der Waals surface area contributed by atoms with Gasteiger partial charge < -0.3 is 24.8 Å². The van der Waals surface area contributed by atoms with Gasteiger partial charge in [-0.1, -0.05) is 32.0 Å². The number of H-pyrrole nitrogens is 1. The van der Waals surface area contributed by atoms with Crippen molar-refractivity contribution < 1.29 is 27.9 Å². The number of para-hydroxylation sites is 1. The molecular weight excluding hydrogens is 520 g/mol. The largest absolute Gasteiger partial charge is 0.358 e. The van der Waals surface area contributed by atoms with E-state index in [1.807, 2.05) is 26.0 Å². The fourth-order valence-corrected chi connectivity index (χ4v) is 5.44. The molecule has 0 radical (unpaired) electrons. The molecule has 11 heteroatoms. The number of likely N-dealkylation sites (tertiary alicyclic amines) is 1. The van der Waals surface area contributed by atoms with Crippen LogP contribution >= 0.6 is 0 Å². The number of aromatic amines is 1. The van der Waals surface area contributed by atoms with Crippen LogP contribution in [0.3, 0.4) is 0 Å². The second-order valence-electron chi connectivity index (χ2n) is 10.8. The molecule has 9 nitrogen and oxygen atoms in total. The number of aromatic nitrogens is 1. The van der Waals surface area contributed by atoms with E-state index in [4.69, 9.17) is 4.74 Å². The van der Waals surface area contributed by atoms with Gasteiger partial charge in [-0.05, 0) is 30.5 Å². The standard InChI is InChI=1S/C29H29F2N5O4/c1-16(2)8-25(35(3)26(37)24-11-20-21(31)9-18(30)10-23(20)33-24)27(38)36-15-29(12-19(36)13-32)28(39)34-22-7-5-4-6-17(22)14-40-29/h4-7,9-11,16,19,25,33H,8,12,14-15H2,1-3H3,(H,34,39)/t19-,25?,29+/m0/s1. The topological polar surface area (TPSA) is 119 Å². The highest BCUT2D eigenvalue weighted by Crippen LogP contribution is 2.37. The number of carbonyl (C=O) groups is 3. The van der Waals surface area contributed by atoms with E-state index in [2.05, 4.69) is 16.4 Å². The third kappa shape index (κ3) is 4.79. The molecule has 2 aliphatic heterocycles. The Morgan fingerprint density at radius 2 is 2.00 bits per heavy atom. The Morgan fingerprint density at radius 1 is 1.25 bits per heavy atom. The zero-order chi connectivity index (χ0) is 28.8. The number of nitrogens with one attached hydrogen (secondary N) is 2. The van der Waals surface area contributed by atoms with Gasteiger partial charge in [-0.2, -0.15) is 5.26 Å². The van der Waals surface area contributed by atoms with Gasteiger partial charge in [-0.15, -0.1) is 0 Å². The molecule has 3 aromatic rings. The number of anilines is 1. The molecule has 2 aromatic carbocycles. The van der Waals surface area contributed by atoms with Crippen LogP contribution in [0.5, 0.6) is 0 Å². The number of benzene rings is 2. The molecule has 3 atom stereocenters. The van der Waals surface area contributed by atoms with Crippen molar-refractivity contribution >= 4 is 34.3 Å². The van der Waals surface area contributed by atoms with Gasteiger partial charge in [0.2, 0.25) is 5.91 Å². The number of ether oxygens (including phenoxy) is 1. The van der Waals surface area contributed by atoms with Crippen molar-refractivity contribution in [1.29, 1.82) is 5.26 Å². The molecular formula is C29H29F2N5O4. The van der Waals surface area contributed by atoms with E-state index in [1.165, 1.54) is 22.9 Å². The first-order chi connectivity index (χ1) is 19.0. The van der Waals surface area contributed by atoms with Crippen LogP contribution in [-0.2, 0) is 20.9 Å². The van der Waals surface area contributed by atoms with E-state index in [1.54, 1.807) is 12.1 Å². The Bertz CT molecular complexity index is 1550. The Kier molecular flexibility index (Phi) is 7.06. The van der Waals surface area contributed by atoms with Crippen molar-refractivity contribution in [3.05, 3.63) is 65.4 Å². The first kappa shape index (κ1) is 27.3. The molecule has 0 saturated carbocycles. The van der Waals surface area contributed by atoms with Gasteiger partial charge in [-0.3, -0.25) is 14.4 Å². The zero-order valence-electron chi connectivity index (χ0n) is 22.3. The summed E-state index contributed by atoms with van der Waals surface area (Å²) in [5.74, 6) is -3.15. The van der Waals surface area contributed by atoms with Crippen molar-refractivity contribution in [2.24, 2.45) is 5.92 Å². The van der Waals surface area contributed by atoms with Crippen molar-refractivity contribution in [3.8, 4) is 6.07 Å². The van der Waals surface area contributed by atoms with Crippen molar-refractivity contribution in [2.75, 3.05) is 18.9 Å². The SMILES string of the molecule is CC(C)CC(C(=O)N1C[C@@]2(C[C@H]1C#N)OCc1ccccc1NC2=O)N(C)C(=O)c1cc2c(F)cc(F)cc2[nH]1. The number of hydrogen-bond acceptors (Lipinski definition) is 5. The zero-order valence-corrected chi connectivity index (χ0v) is 22.3. The van der Waals surface area contributed by atoms with Gasteiger partial charge in [-0.25, -0.2) is 8.78 Å². The van der Waals surface area contributed by atoms with Crippen LogP contribution in [0.15, 0.2) is 42.5 Å². The molecule has 2 N–H and O–H groups in total. The summed E-state index contributed by atoms with van der Waals surface area (Å²) < 4.78 is 34.1. The molecule has 3 amide bonds. The van der Waals surface area contributed by atoms with E-state index in [-0.39, 0.29) is 48.5 Å². The molecule has 208 valence electrons. The van der Waals surface area contributed by atoms with Gasteiger partial charge >= 0.3 is 0 Å². The number of fused-ring (bicyclic) bond motifs is 2. The summed E-state index contributed by atoms with van der Waals surface area (Å²) in [7, 11) is 1.45. The van der Waals surface area contributed by atoms with Crippen LogP contribution in [0.4, 0.5) is 14.5 Å². The van der Waals surface area contributed by atoms with E-state index < -0.39 is 47.0 Å². The lowest BCUT2D eigenvalue weighted by Crippen LogP contribution is -2.53. The average Bonchev–Trinajstić information content (AvgIpc) is 3.49. The first-order valence-electron chi connectivity index (χ1n) is 13.0. The molecule has 0 bridgehead atoms. The lowest BCUT2D eigenvalue weighted by Gasteiger charge is -2.33. The Labute approximate surface area is 229 Å². The van der Waals surface area contributed by atoms with Gasteiger partial charge in [0, 0.05) is 36.2 Å². The molecule has 3 heterocycles. The minimum Gasteiger partial charge on any atom is -0.358 e. The van der Waals surface area contributed by atoms with E-state index >= 15 is 0 Å². The molecule has 1 aromatic heterocycles. The second-order valence-corrected chi connectivity index (χ2v) is 10.8. The molecule has 1 unspecified atom stereocenters. The lowest BCUT2D eigenvalue weighted by molar-refractivity contribution is -0.144. The Hall–Kier alpha value is -4.30. The van der Waals surface area contributed by atoms with Crippen LogP contribution < -0.4 is 5.32 Å². The number of amides is 3. The lowest BCUT2D eigenvalue weighted by atomic mass is 9.99. The number of hydrogen-bond donors (Lipinski definition) is 2. The Balaban J connectivity index is 1.42. The number of rotatable bonds is 5. The normalized spacial score (nSPS) is 21.2. The summed E-state index contributed by atoms with van der Waals surface area (Å²) in [4.78, 5) is 46.1. The highest BCUT2D eigenvalue weighted by Gasteiger charge is 2.54. The third-order valence-corrected chi connectivity index (χ3v) is 7.59. The molecule has 2 aliphatic rings. The van der Waals surface area contributed by atoms with Crippen LogP contribution in [-0.4, -0.2) is 63.8 Å². The number of carbonyl (C=O) groups excluding carboxylic acids is 3. The molecule has 1 fully saturated rings. The number of halogens is 2. The maximum atomic E-state index is 14.3. The fraction of sp³-hybridized carbons (Fsp3) is 0.379. The predicted octanol–water partition coefficient (Wildman–Crippen LogP) is 3.96. The minimum atomic E-state index is -1.43. The second kappa shape index (κ2) is 10.4. The van der Waals surface area contributed by atoms with Crippen LogP contribution in [0, 0.1) is 28.9 Å². The fourth-order valence-electron chi connectivity index (χ4n) is 5.44. The number of nitriles is 1. The first-order valence-corrected chi connectivity index (χ1v) is 13.0. The van der Waals surface area contributed by atoms with Crippen LogP contribution in [0.1, 0.15) is 42.7 Å². The summed E-state index contributed by atoms with van der Waals surface area (Å²) in [6.45, 7) is 3.76. The Morgan fingerprint density at radius 3 is 2.73 bits per heavy atom. The van der Waals surface area contributed by atoms with Crippen LogP contribution in [0.2, 0.25) is 0 Å².